The molecule has 2 aromatic heterocycles. The van der Waals surface area contributed by atoms with Gasteiger partial charge in [0.15, 0.2) is 0 Å². The zero-order valence-corrected chi connectivity index (χ0v) is 21.0. The Kier molecular flexibility index (Phi) is 6.65. The highest BCUT2D eigenvalue weighted by atomic mass is 19.4. The van der Waals surface area contributed by atoms with Crippen LogP contribution >= 0.6 is 0 Å². The van der Waals surface area contributed by atoms with Gasteiger partial charge in [0.1, 0.15) is 6.07 Å². The van der Waals surface area contributed by atoms with E-state index in [9.17, 15) is 23.2 Å². The Morgan fingerprint density at radius 2 is 1.92 bits per heavy atom. The number of hydrogen-bond acceptors (Lipinski definition) is 5. The molecule has 0 atom stereocenters. The molecule has 7 nitrogen and oxygen atoms in total. The summed E-state index contributed by atoms with van der Waals surface area (Å²) in [5.74, 6) is -0.0876. The summed E-state index contributed by atoms with van der Waals surface area (Å²) in [4.78, 5) is 20.3. The average Bonchev–Trinajstić information content (AvgIpc) is 3.32. The van der Waals surface area contributed by atoms with Crippen LogP contribution < -0.4 is 16.0 Å². The minimum absolute atomic E-state index is 0.0307. The minimum atomic E-state index is -4.53. The quantitative estimate of drug-likeness (QED) is 0.525. The number of aryl methyl sites for hydroxylation is 1. The second-order valence-corrected chi connectivity index (χ2v) is 10.2. The normalized spacial score (nSPS) is 20.9. The van der Waals surface area contributed by atoms with Gasteiger partial charge in [0.05, 0.1) is 33.6 Å². The lowest BCUT2D eigenvalue weighted by molar-refractivity contribution is -0.137. The first kappa shape index (κ1) is 25.8. The number of amides is 1. The Hall–Kier alpha value is -3.84. The summed E-state index contributed by atoms with van der Waals surface area (Å²) in [6.07, 6.45) is 1.48. The second-order valence-electron chi connectivity index (χ2n) is 10.2. The lowest BCUT2D eigenvalue weighted by Gasteiger charge is -2.44. The molecule has 198 valence electrons. The van der Waals surface area contributed by atoms with E-state index < -0.39 is 17.2 Å². The van der Waals surface area contributed by atoms with Gasteiger partial charge in [-0.05, 0) is 67.6 Å². The second kappa shape index (κ2) is 9.80. The first-order chi connectivity index (χ1) is 18.1. The molecule has 0 radical (unpaired) electrons. The predicted octanol–water partition coefficient (Wildman–Crippen LogP) is 4.12. The summed E-state index contributed by atoms with van der Waals surface area (Å²) in [5, 5.41) is 12.7. The van der Waals surface area contributed by atoms with Crippen LogP contribution in [0, 0.1) is 11.3 Å². The fraction of sp³-hybridized carbons (Fsp3) is 0.393. The molecule has 38 heavy (non-hydrogen) atoms. The molecule has 0 unspecified atom stereocenters. The van der Waals surface area contributed by atoms with Gasteiger partial charge >= 0.3 is 6.18 Å². The van der Waals surface area contributed by atoms with E-state index in [2.05, 4.69) is 10.3 Å². The van der Waals surface area contributed by atoms with Crippen molar-refractivity contribution < 1.29 is 18.0 Å². The van der Waals surface area contributed by atoms with Crippen LogP contribution in [0.2, 0.25) is 0 Å². The molecule has 2 fully saturated rings. The molecule has 1 aliphatic carbocycles. The first-order valence-electron chi connectivity index (χ1n) is 12.6. The van der Waals surface area contributed by atoms with Gasteiger partial charge in [0, 0.05) is 44.6 Å². The summed E-state index contributed by atoms with van der Waals surface area (Å²) < 4.78 is 41.5. The summed E-state index contributed by atoms with van der Waals surface area (Å²) in [6, 6.07) is 13.0. The minimum Gasteiger partial charge on any atom is -0.370 e. The number of halogens is 3. The predicted molar refractivity (Wildman–Crippen MR) is 137 cm³/mol. The summed E-state index contributed by atoms with van der Waals surface area (Å²) in [7, 11) is 1.94. The van der Waals surface area contributed by atoms with Crippen LogP contribution in [0.1, 0.15) is 42.4 Å². The smallest absolute Gasteiger partial charge is 0.370 e. The van der Waals surface area contributed by atoms with Crippen LogP contribution in [0.25, 0.3) is 11.4 Å². The SMILES string of the molecule is Cn1cccc1-c1ccc(C2(C(=O)NC3CC(N)C3)CCN(c3ccc(C(F)(F)F)cc3C#N)CC2)cn1. The number of nitriles is 1. The zero-order chi connectivity index (χ0) is 27.1. The molecule has 10 heteroatoms. The van der Waals surface area contributed by atoms with E-state index in [0.717, 1.165) is 41.9 Å². The molecule has 3 heterocycles. The Balaban J connectivity index is 1.42. The van der Waals surface area contributed by atoms with Crippen molar-refractivity contribution in [1.29, 1.82) is 5.26 Å². The number of carbonyl (C=O) groups is 1. The lowest BCUT2D eigenvalue weighted by atomic mass is 9.71. The van der Waals surface area contributed by atoms with Gasteiger partial charge in [-0.15, -0.1) is 0 Å². The Morgan fingerprint density at radius 1 is 1.18 bits per heavy atom. The maximum absolute atomic E-state index is 13.7. The molecule has 1 aliphatic heterocycles. The van der Waals surface area contributed by atoms with E-state index in [1.165, 1.54) is 6.07 Å². The largest absolute Gasteiger partial charge is 0.416 e. The number of nitrogens with one attached hydrogen (secondary N) is 1. The Morgan fingerprint density at radius 3 is 2.47 bits per heavy atom. The number of nitrogens with zero attached hydrogens (tertiary/aromatic N) is 4. The van der Waals surface area contributed by atoms with E-state index in [-0.39, 0.29) is 23.6 Å². The number of carbonyl (C=O) groups excluding carboxylic acids is 1. The van der Waals surface area contributed by atoms with E-state index in [4.69, 9.17) is 5.73 Å². The van der Waals surface area contributed by atoms with Crippen LogP contribution in [-0.2, 0) is 23.4 Å². The number of benzene rings is 1. The number of hydrogen-bond donors (Lipinski definition) is 2. The number of alkyl halides is 3. The molecule has 0 bridgehead atoms. The molecule has 3 aromatic rings. The Labute approximate surface area is 219 Å². The third-order valence-electron chi connectivity index (χ3n) is 7.87. The molecule has 1 saturated heterocycles. The van der Waals surface area contributed by atoms with Gasteiger partial charge in [0.2, 0.25) is 5.91 Å². The monoisotopic (exact) mass is 522 g/mol. The van der Waals surface area contributed by atoms with E-state index in [0.29, 0.717) is 31.6 Å². The molecular weight excluding hydrogens is 493 g/mol. The molecule has 2 aliphatic rings. The molecule has 1 amide bonds. The highest BCUT2D eigenvalue weighted by Crippen LogP contribution is 2.40. The van der Waals surface area contributed by atoms with Gasteiger partial charge in [0.25, 0.3) is 0 Å². The van der Waals surface area contributed by atoms with Crippen LogP contribution in [0.15, 0.2) is 54.9 Å². The maximum atomic E-state index is 13.7. The summed E-state index contributed by atoms with van der Waals surface area (Å²) in [5.41, 5.74) is 7.17. The highest BCUT2D eigenvalue weighted by molar-refractivity contribution is 5.89. The number of nitrogens with two attached hydrogens (primary N) is 1. The molecule has 1 saturated carbocycles. The number of rotatable bonds is 5. The first-order valence-corrected chi connectivity index (χ1v) is 12.6. The van der Waals surface area contributed by atoms with Crippen molar-refractivity contribution >= 4 is 11.6 Å². The van der Waals surface area contributed by atoms with Gasteiger partial charge in [-0.2, -0.15) is 18.4 Å². The number of piperidine rings is 1. The zero-order valence-electron chi connectivity index (χ0n) is 21.0. The molecule has 0 spiro atoms. The van der Waals surface area contributed by atoms with Crippen molar-refractivity contribution in [2.75, 3.05) is 18.0 Å². The highest BCUT2D eigenvalue weighted by Gasteiger charge is 2.45. The lowest BCUT2D eigenvalue weighted by Crippen LogP contribution is -2.58. The topological polar surface area (TPSA) is 100.0 Å². The Bertz CT molecular complexity index is 1360. The van der Waals surface area contributed by atoms with Crippen LogP contribution in [0.5, 0.6) is 0 Å². The number of anilines is 1. The van der Waals surface area contributed by atoms with E-state index in [1.54, 1.807) is 6.20 Å². The molecule has 1 aromatic carbocycles. The van der Waals surface area contributed by atoms with Gasteiger partial charge in [-0.3, -0.25) is 9.78 Å². The number of aromatic nitrogens is 2. The van der Waals surface area contributed by atoms with Crippen molar-refractivity contribution in [2.24, 2.45) is 12.8 Å². The van der Waals surface area contributed by atoms with Gasteiger partial charge < -0.3 is 20.5 Å². The summed E-state index contributed by atoms with van der Waals surface area (Å²) in [6.45, 7) is 0.800. The van der Waals surface area contributed by atoms with Gasteiger partial charge in [-0.1, -0.05) is 6.07 Å². The maximum Gasteiger partial charge on any atom is 0.416 e. The van der Waals surface area contributed by atoms with Crippen LogP contribution in [0.3, 0.4) is 0 Å². The van der Waals surface area contributed by atoms with E-state index in [1.807, 2.05) is 53.0 Å². The van der Waals surface area contributed by atoms with Crippen molar-refractivity contribution in [3.63, 3.8) is 0 Å². The standard InChI is InChI=1S/C28H29F3N6O/c1-36-10-2-3-25(36)23-6-4-20(17-34-23)27(26(38)35-22-14-21(33)15-22)8-11-37(12-9-27)24-7-5-19(28(29,30)31)13-18(24)16-32/h2-7,10,13,17,21-22H,8-9,11-12,14-15,33H2,1H3,(H,35,38). The third-order valence-corrected chi connectivity index (χ3v) is 7.87. The van der Waals surface area contributed by atoms with Crippen molar-refractivity contribution in [3.8, 4) is 17.5 Å². The third kappa shape index (κ3) is 4.74. The fourth-order valence-corrected chi connectivity index (χ4v) is 5.51. The van der Waals surface area contributed by atoms with Crippen molar-refractivity contribution in [3.05, 3.63) is 71.5 Å². The van der Waals surface area contributed by atoms with Gasteiger partial charge in [-0.25, -0.2) is 0 Å². The fourth-order valence-electron chi connectivity index (χ4n) is 5.51. The number of pyridine rings is 1. The molecule has 5 rings (SSSR count). The van der Waals surface area contributed by atoms with Crippen molar-refractivity contribution in [2.45, 2.75) is 49.4 Å². The van der Waals surface area contributed by atoms with E-state index >= 15 is 0 Å². The molecule has 3 N–H and O–H groups in total. The van der Waals surface area contributed by atoms with Crippen LogP contribution in [0.4, 0.5) is 18.9 Å². The molecular formula is C28H29F3N6O. The summed E-state index contributed by atoms with van der Waals surface area (Å²) >= 11 is 0. The van der Waals surface area contributed by atoms with Crippen molar-refractivity contribution in [1.82, 2.24) is 14.9 Å². The van der Waals surface area contributed by atoms with Crippen LogP contribution in [-0.4, -0.2) is 40.6 Å². The average molecular weight is 523 g/mol.